The molecule has 0 unspecified atom stereocenters. The zero-order valence-corrected chi connectivity index (χ0v) is 16.4. The van der Waals surface area contributed by atoms with E-state index in [1.165, 1.54) is 6.07 Å². The zero-order valence-electron chi connectivity index (χ0n) is 16.4. The highest BCUT2D eigenvalue weighted by Gasteiger charge is 2.16. The standard InChI is InChI=1S/C21H21F2N5O2/c1-27-13-15(16-11-25-21(26-12-16)28-4-6-30-7-5-28)9-19(27)20(29)24-10-14-2-3-17(22)18(23)8-14/h2-3,8-9,11-13H,4-7,10H2,1H3,(H,24,29). The van der Waals surface area contributed by atoms with Crippen molar-refractivity contribution in [3.05, 3.63) is 65.7 Å². The second-order valence-corrected chi connectivity index (χ2v) is 7.03. The third-order valence-electron chi connectivity index (χ3n) is 4.94. The number of amides is 1. The van der Waals surface area contributed by atoms with Gasteiger partial charge in [0.1, 0.15) is 5.69 Å². The summed E-state index contributed by atoms with van der Waals surface area (Å²) in [6, 6.07) is 5.29. The Bertz CT molecular complexity index is 1050. The molecule has 3 aromatic rings. The highest BCUT2D eigenvalue weighted by atomic mass is 19.2. The van der Waals surface area contributed by atoms with Crippen LogP contribution in [0.15, 0.2) is 42.9 Å². The van der Waals surface area contributed by atoms with Crippen LogP contribution < -0.4 is 10.2 Å². The SMILES string of the molecule is Cn1cc(-c2cnc(N3CCOCC3)nc2)cc1C(=O)NCc1ccc(F)c(F)c1. The number of carbonyl (C=O) groups excluding carboxylic acids is 1. The number of hydrogen-bond acceptors (Lipinski definition) is 5. The van der Waals surface area contributed by atoms with Gasteiger partial charge in [-0.2, -0.15) is 0 Å². The van der Waals surface area contributed by atoms with Gasteiger partial charge >= 0.3 is 0 Å². The number of ether oxygens (including phenoxy) is 1. The van der Waals surface area contributed by atoms with Crippen molar-refractivity contribution in [1.29, 1.82) is 0 Å². The van der Waals surface area contributed by atoms with E-state index in [-0.39, 0.29) is 12.5 Å². The number of carbonyl (C=O) groups is 1. The van der Waals surface area contributed by atoms with Gasteiger partial charge in [-0.25, -0.2) is 18.7 Å². The quantitative estimate of drug-likeness (QED) is 0.696. The van der Waals surface area contributed by atoms with Gasteiger partial charge in [0.05, 0.1) is 13.2 Å². The Balaban J connectivity index is 1.44. The molecule has 30 heavy (non-hydrogen) atoms. The number of aryl methyl sites for hydroxylation is 1. The molecule has 1 amide bonds. The Morgan fingerprint density at radius 2 is 1.83 bits per heavy atom. The fourth-order valence-electron chi connectivity index (χ4n) is 3.27. The Kier molecular flexibility index (Phi) is 5.71. The molecule has 1 aromatic carbocycles. The van der Waals surface area contributed by atoms with E-state index in [0.717, 1.165) is 36.3 Å². The zero-order chi connectivity index (χ0) is 21.1. The fraction of sp³-hybridized carbons (Fsp3) is 0.286. The summed E-state index contributed by atoms with van der Waals surface area (Å²) in [4.78, 5) is 23.5. The van der Waals surface area contributed by atoms with Crippen LogP contribution in [0.3, 0.4) is 0 Å². The first kappa shape index (κ1) is 20.0. The summed E-state index contributed by atoms with van der Waals surface area (Å²) in [6.45, 7) is 2.92. The number of halogens is 2. The molecular weight excluding hydrogens is 392 g/mol. The summed E-state index contributed by atoms with van der Waals surface area (Å²) in [5.74, 6) is -1.52. The van der Waals surface area contributed by atoms with Gasteiger partial charge in [0, 0.05) is 56.4 Å². The molecular formula is C21H21F2N5O2. The Morgan fingerprint density at radius 1 is 1.10 bits per heavy atom. The highest BCUT2D eigenvalue weighted by Crippen LogP contribution is 2.22. The van der Waals surface area contributed by atoms with Crippen LogP contribution in [0.4, 0.5) is 14.7 Å². The summed E-state index contributed by atoms with van der Waals surface area (Å²) >= 11 is 0. The molecule has 2 aromatic heterocycles. The number of aromatic nitrogens is 3. The number of benzene rings is 1. The summed E-state index contributed by atoms with van der Waals surface area (Å²) in [6.07, 6.45) is 5.28. The number of nitrogens with one attached hydrogen (secondary N) is 1. The summed E-state index contributed by atoms with van der Waals surface area (Å²) < 4.78 is 33.4. The summed E-state index contributed by atoms with van der Waals surface area (Å²) in [7, 11) is 1.76. The van der Waals surface area contributed by atoms with Crippen molar-refractivity contribution in [2.45, 2.75) is 6.54 Å². The molecule has 4 rings (SSSR count). The second-order valence-electron chi connectivity index (χ2n) is 7.03. The van der Waals surface area contributed by atoms with Crippen LogP contribution in [0.5, 0.6) is 0 Å². The molecule has 0 spiro atoms. The number of morpholine rings is 1. The maximum Gasteiger partial charge on any atom is 0.268 e. The minimum absolute atomic E-state index is 0.0912. The van der Waals surface area contributed by atoms with Crippen LogP contribution >= 0.6 is 0 Å². The van der Waals surface area contributed by atoms with Gasteiger partial charge in [-0.05, 0) is 23.8 Å². The first-order valence-electron chi connectivity index (χ1n) is 9.55. The molecule has 1 saturated heterocycles. The van der Waals surface area contributed by atoms with Crippen LogP contribution in [0.2, 0.25) is 0 Å². The Hall–Kier alpha value is -3.33. The Labute approximate surface area is 172 Å². The molecule has 0 atom stereocenters. The van der Waals surface area contributed by atoms with E-state index in [0.29, 0.717) is 30.4 Å². The van der Waals surface area contributed by atoms with Crippen LogP contribution in [-0.4, -0.2) is 46.7 Å². The van der Waals surface area contributed by atoms with Gasteiger partial charge in [0.25, 0.3) is 5.91 Å². The highest BCUT2D eigenvalue weighted by molar-refractivity contribution is 5.94. The second kappa shape index (κ2) is 8.58. The summed E-state index contributed by atoms with van der Waals surface area (Å²) in [5.41, 5.74) is 2.51. The molecule has 3 heterocycles. The lowest BCUT2D eigenvalue weighted by molar-refractivity contribution is 0.0942. The molecule has 1 aliphatic rings. The predicted octanol–water partition coefficient (Wildman–Crippen LogP) is 2.53. The van der Waals surface area contributed by atoms with E-state index in [1.807, 2.05) is 6.20 Å². The van der Waals surface area contributed by atoms with E-state index in [2.05, 4.69) is 20.2 Å². The molecule has 156 valence electrons. The van der Waals surface area contributed by atoms with Gasteiger partial charge in [-0.3, -0.25) is 4.79 Å². The van der Waals surface area contributed by atoms with Gasteiger partial charge < -0.3 is 19.5 Å². The van der Waals surface area contributed by atoms with Crippen molar-refractivity contribution in [1.82, 2.24) is 19.9 Å². The van der Waals surface area contributed by atoms with Crippen molar-refractivity contribution in [3.63, 3.8) is 0 Å². The van der Waals surface area contributed by atoms with Gasteiger partial charge in [-0.1, -0.05) is 6.07 Å². The first-order chi connectivity index (χ1) is 14.5. The van der Waals surface area contributed by atoms with Crippen molar-refractivity contribution in [3.8, 4) is 11.1 Å². The van der Waals surface area contributed by atoms with Crippen molar-refractivity contribution in [2.75, 3.05) is 31.2 Å². The molecule has 9 heteroatoms. The minimum Gasteiger partial charge on any atom is -0.378 e. The van der Waals surface area contributed by atoms with E-state index in [9.17, 15) is 13.6 Å². The monoisotopic (exact) mass is 413 g/mol. The van der Waals surface area contributed by atoms with Crippen LogP contribution in [-0.2, 0) is 18.3 Å². The molecule has 0 saturated carbocycles. The van der Waals surface area contributed by atoms with Gasteiger partial charge in [-0.15, -0.1) is 0 Å². The maximum atomic E-state index is 13.3. The summed E-state index contributed by atoms with van der Waals surface area (Å²) in [5, 5.41) is 2.72. The van der Waals surface area contributed by atoms with Crippen LogP contribution in [0.25, 0.3) is 11.1 Å². The van der Waals surface area contributed by atoms with Crippen molar-refractivity contribution in [2.24, 2.45) is 7.05 Å². The van der Waals surface area contributed by atoms with Crippen LogP contribution in [0, 0.1) is 11.6 Å². The lowest BCUT2D eigenvalue weighted by Gasteiger charge is -2.26. The number of hydrogen-bond donors (Lipinski definition) is 1. The topological polar surface area (TPSA) is 72.3 Å². The van der Waals surface area contributed by atoms with E-state index in [1.54, 1.807) is 30.1 Å². The average Bonchev–Trinajstić information content (AvgIpc) is 3.17. The molecule has 1 aliphatic heterocycles. The molecule has 0 radical (unpaired) electrons. The molecule has 7 nitrogen and oxygen atoms in total. The lowest BCUT2D eigenvalue weighted by atomic mass is 10.2. The largest absolute Gasteiger partial charge is 0.378 e. The third-order valence-corrected chi connectivity index (χ3v) is 4.94. The average molecular weight is 413 g/mol. The van der Waals surface area contributed by atoms with Crippen LogP contribution in [0.1, 0.15) is 16.1 Å². The fourth-order valence-corrected chi connectivity index (χ4v) is 3.27. The smallest absolute Gasteiger partial charge is 0.268 e. The predicted molar refractivity (Wildman–Crippen MR) is 107 cm³/mol. The number of anilines is 1. The van der Waals surface area contributed by atoms with Crippen molar-refractivity contribution >= 4 is 11.9 Å². The molecule has 0 aliphatic carbocycles. The first-order valence-corrected chi connectivity index (χ1v) is 9.55. The number of rotatable bonds is 5. The molecule has 1 N–H and O–H groups in total. The Morgan fingerprint density at radius 3 is 2.53 bits per heavy atom. The van der Waals surface area contributed by atoms with Gasteiger partial charge in [0.15, 0.2) is 11.6 Å². The van der Waals surface area contributed by atoms with E-state index >= 15 is 0 Å². The van der Waals surface area contributed by atoms with Gasteiger partial charge in [0.2, 0.25) is 5.95 Å². The number of nitrogens with zero attached hydrogens (tertiary/aromatic N) is 4. The normalized spacial score (nSPS) is 14.0. The third kappa shape index (κ3) is 4.30. The molecule has 0 bridgehead atoms. The maximum absolute atomic E-state index is 13.3. The minimum atomic E-state index is -0.941. The lowest BCUT2D eigenvalue weighted by Crippen LogP contribution is -2.37. The van der Waals surface area contributed by atoms with Crippen molar-refractivity contribution < 1.29 is 18.3 Å². The molecule has 1 fully saturated rings. The van der Waals surface area contributed by atoms with E-state index in [4.69, 9.17) is 4.74 Å². The van der Waals surface area contributed by atoms with E-state index < -0.39 is 11.6 Å².